The fraction of sp³-hybridized carbons (Fsp3) is 0.533. The van der Waals surface area contributed by atoms with E-state index in [1.807, 2.05) is 18.2 Å². The van der Waals surface area contributed by atoms with E-state index in [0.717, 1.165) is 31.6 Å². The van der Waals surface area contributed by atoms with Gasteiger partial charge in [-0.25, -0.2) is 0 Å². The topological polar surface area (TPSA) is 49.5 Å². The van der Waals surface area contributed by atoms with Gasteiger partial charge in [-0.1, -0.05) is 36.5 Å². The van der Waals surface area contributed by atoms with E-state index in [-0.39, 0.29) is 0 Å². The van der Waals surface area contributed by atoms with Crippen LogP contribution in [-0.2, 0) is 6.54 Å². The van der Waals surface area contributed by atoms with Gasteiger partial charge in [0.25, 0.3) is 0 Å². The summed E-state index contributed by atoms with van der Waals surface area (Å²) < 4.78 is 0. The molecule has 0 aliphatic carbocycles. The van der Waals surface area contributed by atoms with Crippen molar-refractivity contribution in [3.8, 4) is 0 Å². The summed E-state index contributed by atoms with van der Waals surface area (Å²) in [6.45, 7) is 3.37. The SMILES string of the molecule is NC(=S)c1ccccc1CN1CCCC(CCO)C1. The standard InChI is InChI=1S/C15H22N2OS/c16-15(19)14-6-2-1-5-13(14)11-17-8-3-4-12(10-17)7-9-18/h1-2,5-6,12,18H,3-4,7-11H2,(H2,16,19). The summed E-state index contributed by atoms with van der Waals surface area (Å²) in [6, 6.07) is 8.10. The van der Waals surface area contributed by atoms with Gasteiger partial charge in [0, 0.05) is 25.3 Å². The molecule has 0 amide bonds. The Morgan fingerprint density at radius 3 is 2.95 bits per heavy atom. The van der Waals surface area contributed by atoms with E-state index in [9.17, 15) is 0 Å². The van der Waals surface area contributed by atoms with Crippen LogP contribution >= 0.6 is 12.2 Å². The number of hydrogen-bond donors (Lipinski definition) is 2. The number of aliphatic hydroxyl groups excluding tert-OH is 1. The lowest BCUT2D eigenvalue weighted by molar-refractivity contribution is 0.142. The van der Waals surface area contributed by atoms with Crippen molar-refractivity contribution in [1.29, 1.82) is 0 Å². The minimum atomic E-state index is 0.294. The van der Waals surface area contributed by atoms with E-state index in [1.54, 1.807) is 0 Å². The largest absolute Gasteiger partial charge is 0.396 e. The van der Waals surface area contributed by atoms with Crippen molar-refractivity contribution in [1.82, 2.24) is 4.90 Å². The number of thiocarbonyl (C=S) groups is 1. The van der Waals surface area contributed by atoms with Crippen molar-refractivity contribution in [2.24, 2.45) is 11.7 Å². The summed E-state index contributed by atoms with van der Waals surface area (Å²) in [7, 11) is 0. The molecule has 1 atom stereocenters. The molecule has 3 nitrogen and oxygen atoms in total. The van der Waals surface area contributed by atoms with Crippen molar-refractivity contribution in [3.05, 3.63) is 35.4 Å². The van der Waals surface area contributed by atoms with Gasteiger partial charge in [-0.3, -0.25) is 4.90 Å². The van der Waals surface area contributed by atoms with Gasteiger partial charge in [0.15, 0.2) is 0 Å². The fourth-order valence-electron chi connectivity index (χ4n) is 2.85. The van der Waals surface area contributed by atoms with E-state index in [1.165, 1.54) is 18.4 Å². The molecule has 1 aromatic rings. The lowest BCUT2D eigenvalue weighted by atomic mass is 9.94. The van der Waals surface area contributed by atoms with Crippen LogP contribution in [-0.4, -0.2) is 34.7 Å². The van der Waals surface area contributed by atoms with Gasteiger partial charge >= 0.3 is 0 Å². The molecule has 0 aromatic heterocycles. The summed E-state index contributed by atoms with van der Waals surface area (Å²) >= 11 is 5.11. The van der Waals surface area contributed by atoms with Gasteiger partial charge in [0.2, 0.25) is 0 Å². The predicted molar refractivity (Wildman–Crippen MR) is 82.0 cm³/mol. The van der Waals surface area contributed by atoms with Crippen molar-refractivity contribution in [2.75, 3.05) is 19.7 Å². The molecule has 3 N–H and O–H groups in total. The number of hydrogen-bond acceptors (Lipinski definition) is 3. The van der Waals surface area contributed by atoms with Crippen LogP contribution in [0, 0.1) is 5.92 Å². The second-order valence-electron chi connectivity index (χ2n) is 5.28. The smallest absolute Gasteiger partial charge is 0.104 e. The third-order valence-corrected chi connectivity index (χ3v) is 4.04. The number of nitrogens with two attached hydrogens (primary N) is 1. The Hall–Kier alpha value is -0.970. The summed E-state index contributed by atoms with van der Waals surface area (Å²) in [6.07, 6.45) is 3.35. The molecule has 104 valence electrons. The molecule has 0 spiro atoms. The number of benzene rings is 1. The summed E-state index contributed by atoms with van der Waals surface area (Å²) in [4.78, 5) is 2.92. The summed E-state index contributed by atoms with van der Waals surface area (Å²) in [5.41, 5.74) is 7.97. The molecular weight excluding hydrogens is 256 g/mol. The van der Waals surface area contributed by atoms with Crippen molar-refractivity contribution < 1.29 is 5.11 Å². The Bertz CT molecular complexity index is 434. The second kappa shape index (κ2) is 6.98. The molecule has 19 heavy (non-hydrogen) atoms. The molecule has 1 fully saturated rings. The maximum absolute atomic E-state index is 9.06. The average molecular weight is 278 g/mol. The summed E-state index contributed by atoms with van der Waals surface area (Å²) in [5.74, 6) is 0.621. The van der Waals surface area contributed by atoms with Crippen LogP contribution in [0.2, 0.25) is 0 Å². The molecule has 1 aliphatic heterocycles. The van der Waals surface area contributed by atoms with E-state index in [2.05, 4.69) is 11.0 Å². The van der Waals surface area contributed by atoms with E-state index >= 15 is 0 Å². The van der Waals surface area contributed by atoms with Crippen LogP contribution in [0.4, 0.5) is 0 Å². The fourth-order valence-corrected chi connectivity index (χ4v) is 3.05. The first-order chi connectivity index (χ1) is 9.20. The number of nitrogens with zero attached hydrogens (tertiary/aromatic N) is 1. The molecule has 1 aliphatic rings. The molecule has 1 saturated heterocycles. The molecule has 1 aromatic carbocycles. The maximum atomic E-state index is 9.06. The zero-order chi connectivity index (χ0) is 13.7. The minimum absolute atomic E-state index is 0.294. The Balaban J connectivity index is 2.02. The lowest BCUT2D eigenvalue weighted by Crippen LogP contribution is -2.35. The first-order valence-corrected chi connectivity index (χ1v) is 7.32. The highest BCUT2D eigenvalue weighted by Crippen LogP contribution is 2.22. The molecule has 0 bridgehead atoms. The predicted octanol–water partition coefficient (Wildman–Crippen LogP) is 1.92. The quantitative estimate of drug-likeness (QED) is 0.808. The second-order valence-corrected chi connectivity index (χ2v) is 5.72. The molecule has 1 unspecified atom stereocenters. The van der Waals surface area contributed by atoms with E-state index < -0.39 is 0 Å². The van der Waals surface area contributed by atoms with Gasteiger partial charge in [-0.15, -0.1) is 0 Å². The van der Waals surface area contributed by atoms with Gasteiger partial charge in [-0.2, -0.15) is 0 Å². The molecule has 1 heterocycles. The van der Waals surface area contributed by atoms with Gasteiger partial charge in [0.05, 0.1) is 0 Å². The van der Waals surface area contributed by atoms with Crippen molar-refractivity contribution in [3.63, 3.8) is 0 Å². The van der Waals surface area contributed by atoms with Crippen LogP contribution in [0.1, 0.15) is 30.4 Å². The Kier molecular flexibility index (Phi) is 5.31. The first-order valence-electron chi connectivity index (χ1n) is 6.91. The lowest BCUT2D eigenvalue weighted by Gasteiger charge is -2.32. The van der Waals surface area contributed by atoms with Crippen molar-refractivity contribution in [2.45, 2.75) is 25.8 Å². The van der Waals surface area contributed by atoms with Crippen molar-refractivity contribution >= 4 is 17.2 Å². The van der Waals surface area contributed by atoms with Crippen LogP contribution in [0.5, 0.6) is 0 Å². The van der Waals surface area contributed by atoms with E-state index in [0.29, 0.717) is 17.5 Å². The highest BCUT2D eigenvalue weighted by atomic mass is 32.1. The van der Waals surface area contributed by atoms with Crippen LogP contribution in [0.3, 0.4) is 0 Å². The van der Waals surface area contributed by atoms with Crippen LogP contribution < -0.4 is 5.73 Å². The van der Waals surface area contributed by atoms with Gasteiger partial charge < -0.3 is 10.8 Å². The molecule has 0 saturated carbocycles. The Morgan fingerprint density at radius 2 is 2.21 bits per heavy atom. The Morgan fingerprint density at radius 1 is 1.42 bits per heavy atom. The zero-order valence-electron chi connectivity index (χ0n) is 11.2. The number of aliphatic hydroxyl groups is 1. The van der Waals surface area contributed by atoms with Gasteiger partial charge in [-0.05, 0) is 37.3 Å². The number of piperidine rings is 1. The monoisotopic (exact) mass is 278 g/mol. The average Bonchev–Trinajstić information content (AvgIpc) is 2.40. The van der Waals surface area contributed by atoms with E-state index in [4.69, 9.17) is 23.1 Å². The van der Waals surface area contributed by atoms with Gasteiger partial charge in [0.1, 0.15) is 4.99 Å². The number of likely N-dealkylation sites (tertiary alicyclic amines) is 1. The Labute approximate surface area is 120 Å². The highest BCUT2D eigenvalue weighted by molar-refractivity contribution is 7.80. The minimum Gasteiger partial charge on any atom is -0.396 e. The molecule has 2 rings (SSSR count). The normalized spacial score (nSPS) is 20.4. The molecule has 0 radical (unpaired) electrons. The van der Waals surface area contributed by atoms with Crippen LogP contribution in [0.15, 0.2) is 24.3 Å². The number of rotatable bonds is 5. The molecular formula is C15H22N2OS. The highest BCUT2D eigenvalue weighted by Gasteiger charge is 2.20. The summed E-state index contributed by atoms with van der Waals surface area (Å²) in [5, 5.41) is 9.06. The third kappa shape index (κ3) is 4.00. The third-order valence-electron chi connectivity index (χ3n) is 3.82. The molecule has 4 heteroatoms. The van der Waals surface area contributed by atoms with Crippen LogP contribution in [0.25, 0.3) is 0 Å². The first kappa shape index (κ1) is 14.4. The maximum Gasteiger partial charge on any atom is 0.104 e. The zero-order valence-corrected chi connectivity index (χ0v) is 12.0.